The van der Waals surface area contributed by atoms with Gasteiger partial charge in [-0.15, -0.1) is 0 Å². The second-order valence-electron chi connectivity index (χ2n) is 7.06. The first-order chi connectivity index (χ1) is 14.8. The molecule has 0 fully saturated rings. The highest BCUT2D eigenvalue weighted by molar-refractivity contribution is 7.89. The molecule has 1 aliphatic rings. The van der Waals surface area contributed by atoms with Crippen LogP contribution in [-0.4, -0.2) is 56.6 Å². The van der Waals surface area contributed by atoms with Crippen molar-refractivity contribution in [2.45, 2.75) is 30.4 Å². The van der Waals surface area contributed by atoms with Gasteiger partial charge in [0.2, 0.25) is 5.91 Å². The fraction of sp³-hybridized carbons (Fsp3) is 0.316. The Balaban J connectivity index is 1.52. The smallest absolute Gasteiger partial charge is 0.286 e. The average Bonchev–Trinajstić information content (AvgIpc) is 3.45. The van der Waals surface area contributed by atoms with Crippen molar-refractivity contribution in [3.05, 3.63) is 65.5 Å². The van der Waals surface area contributed by atoms with Crippen LogP contribution >= 0.6 is 0 Å². The lowest BCUT2D eigenvalue weighted by molar-refractivity contribution is -0.134. The largest absolute Gasteiger partial charge is 0.395 e. The van der Waals surface area contributed by atoms with Gasteiger partial charge in [0.15, 0.2) is 0 Å². The predicted molar refractivity (Wildman–Crippen MR) is 103 cm³/mol. The van der Waals surface area contributed by atoms with E-state index in [1.807, 2.05) is 0 Å². The van der Waals surface area contributed by atoms with Gasteiger partial charge in [0, 0.05) is 30.1 Å². The number of fused-ring (bicyclic) bond motifs is 1. The van der Waals surface area contributed by atoms with Crippen molar-refractivity contribution in [3.63, 3.8) is 0 Å². The molecule has 4 rings (SSSR count). The van der Waals surface area contributed by atoms with Crippen LogP contribution in [0.15, 0.2) is 47.8 Å². The summed E-state index contributed by atoms with van der Waals surface area (Å²) in [4.78, 5) is 14.1. The summed E-state index contributed by atoms with van der Waals surface area (Å²) in [6, 6.07) is 5.74. The van der Waals surface area contributed by atoms with Crippen LogP contribution in [0.5, 0.6) is 0 Å². The second-order valence-corrected chi connectivity index (χ2v) is 8.85. The number of carbonyl (C=O) groups excluding carboxylic acids is 1. The lowest BCUT2D eigenvalue weighted by atomic mass is 9.98. The first-order valence-electron chi connectivity index (χ1n) is 9.40. The third-order valence-electron chi connectivity index (χ3n) is 5.10. The minimum atomic E-state index is -4.01. The molecule has 31 heavy (non-hydrogen) atoms. The van der Waals surface area contributed by atoms with Crippen LogP contribution in [0.25, 0.3) is 0 Å². The quantitative estimate of drug-likeness (QED) is 0.575. The van der Waals surface area contributed by atoms with Crippen molar-refractivity contribution in [1.82, 2.24) is 23.9 Å². The number of benzene rings is 1. The summed E-state index contributed by atoms with van der Waals surface area (Å²) in [7, 11) is -4.01. The van der Waals surface area contributed by atoms with E-state index in [0.717, 1.165) is 10.3 Å². The molecule has 1 amide bonds. The Morgan fingerprint density at radius 2 is 2.00 bits per heavy atom. The van der Waals surface area contributed by atoms with E-state index in [1.54, 1.807) is 6.07 Å². The van der Waals surface area contributed by atoms with Crippen LogP contribution in [0, 0.1) is 5.82 Å². The summed E-state index contributed by atoms with van der Waals surface area (Å²) in [5.41, 5.74) is 1.01. The van der Waals surface area contributed by atoms with Crippen molar-refractivity contribution in [2.75, 3.05) is 13.3 Å². The maximum absolute atomic E-state index is 14.1. The van der Waals surface area contributed by atoms with Crippen LogP contribution in [-0.2, 0) is 34.5 Å². The molecule has 12 heteroatoms. The Morgan fingerprint density at radius 1 is 1.23 bits per heavy atom. The number of amides is 1. The third-order valence-corrected chi connectivity index (χ3v) is 6.58. The van der Waals surface area contributed by atoms with Gasteiger partial charge < -0.3 is 10.0 Å². The molecule has 0 saturated carbocycles. The zero-order valence-corrected chi connectivity index (χ0v) is 17.0. The van der Waals surface area contributed by atoms with E-state index in [2.05, 4.69) is 10.2 Å². The molecular formula is C19H19F2N5O4S. The van der Waals surface area contributed by atoms with E-state index in [-0.39, 0.29) is 30.1 Å². The number of hydrogen-bond donors (Lipinski definition) is 1. The van der Waals surface area contributed by atoms with E-state index in [1.165, 1.54) is 40.2 Å². The molecule has 0 spiro atoms. The molecule has 0 bridgehead atoms. The van der Waals surface area contributed by atoms with Crippen LogP contribution in [0.4, 0.5) is 8.78 Å². The Hall–Kier alpha value is -3.12. The summed E-state index contributed by atoms with van der Waals surface area (Å²) in [6.07, 6.45) is 3.65. The van der Waals surface area contributed by atoms with E-state index >= 15 is 0 Å². The monoisotopic (exact) mass is 451 g/mol. The van der Waals surface area contributed by atoms with Crippen molar-refractivity contribution in [2.24, 2.45) is 0 Å². The molecule has 9 nitrogen and oxygen atoms in total. The summed E-state index contributed by atoms with van der Waals surface area (Å²) >= 11 is 0. The number of aliphatic hydroxyl groups excluding tert-OH is 1. The molecule has 0 saturated heterocycles. The number of aryl methyl sites for hydroxylation is 1. The highest BCUT2D eigenvalue weighted by atomic mass is 32.2. The number of halogens is 2. The molecule has 1 N–H and O–H groups in total. The minimum absolute atomic E-state index is 0.0305. The Kier molecular flexibility index (Phi) is 5.58. The molecule has 0 radical (unpaired) electrons. The van der Waals surface area contributed by atoms with Crippen LogP contribution in [0.1, 0.15) is 22.7 Å². The van der Waals surface area contributed by atoms with Gasteiger partial charge in [0.25, 0.3) is 10.0 Å². The molecule has 1 atom stereocenters. The van der Waals surface area contributed by atoms with Gasteiger partial charge in [-0.3, -0.25) is 9.48 Å². The Bertz CT molecular complexity index is 1200. The van der Waals surface area contributed by atoms with Crippen molar-refractivity contribution < 1.29 is 27.1 Å². The van der Waals surface area contributed by atoms with Gasteiger partial charge in [-0.05, 0) is 6.07 Å². The molecule has 3 aromatic rings. The van der Waals surface area contributed by atoms with Gasteiger partial charge in [-0.1, -0.05) is 18.2 Å². The molecule has 0 unspecified atom stereocenters. The highest BCUT2D eigenvalue weighted by Crippen LogP contribution is 2.28. The normalized spacial score (nSPS) is 14.6. The average molecular weight is 451 g/mol. The predicted octanol–water partition coefficient (Wildman–Crippen LogP) is 1.04. The highest BCUT2D eigenvalue weighted by Gasteiger charge is 2.34. The number of carbonyl (C=O) groups is 1. The fourth-order valence-corrected chi connectivity index (χ4v) is 4.61. The van der Waals surface area contributed by atoms with Crippen molar-refractivity contribution >= 4 is 15.9 Å². The van der Waals surface area contributed by atoms with E-state index < -0.39 is 40.9 Å². The summed E-state index contributed by atoms with van der Waals surface area (Å²) in [5, 5.41) is 17.6. The van der Waals surface area contributed by atoms with E-state index in [4.69, 9.17) is 0 Å². The minimum Gasteiger partial charge on any atom is -0.395 e. The number of alkyl halides is 1. The number of hydrogen-bond acceptors (Lipinski definition) is 6. The molecule has 3 heterocycles. The molecule has 2 aromatic heterocycles. The Morgan fingerprint density at radius 3 is 2.68 bits per heavy atom. The second kappa shape index (κ2) is 8.19. The van der Waals surface area contributed by atoms with Crippen LogP contribution in [0.2, 0.25) is 0 Å². The first-order valence-corrected chi connectivity index (χ1v) is 10.8. The maximum Gasteiger partial charge on any atom is 0.286 e. The fourth-order valence-electron chi connectivity index (χ4n) is 3.49. The molecule has 1 aromatic carbocycles. The SMILES string of the molecule is O=C([C@H](CO)c1ccccc1F)N1Cc2cn(S(=O)(=O)c3cnn(CCF)c3)nc2C1. The topological polar surface area (TPSA) is 110 Å². The zero-order valence-electron chi connectivity index (χ0n) is 16.2. The van der Waals surface area contributed by atoms with Crippen molar-refractivity contribution in [1.29, 1.82) is 0 Å². The van der Waals surface area contributed by atoms with Crippen LogP contribution in [0.3, 0.4) is 0 Å². The third kappa shape index (κ3) is 3.83. The molecular weight excluding hydrogens is 432 g/mol. The van der Waals surface area contributed by atoms with Crippen LogP contribution < -0.4 is 0 Å². The number of rotatable bonds is 7. The van der Waals surface area contributed by atoms with Gasteiger partial charge >= 0.3 is 0 Å². The first kappa shape index (κ1) is 21.1. The van der Waals surface area contributed by atoms with Crippen molar-refractivity contribution in [3.8, 4) is 0 Å². The van der Waals surface area contributed by atoms with Gasteiger partial charge in [0.1, 0.15) is 17.4 Å². The number of nitrogens with zero attached hydrogens (tertiary/aromatic N) is 5. The summed E-state index contributed by atoms with van der Waals surface area (Å²) < 4.78 is 54.0. The van der Waals surface area contributed by atoms with Gasteiger partial charge in [-0.2, -0.15) is 22.7 Å². The standard InChI is InChI=1S/C19H19F2N5O4S/c20-5-6-25-10-14(7-22-25)31(29,30)26-9-13-8-24(11-18(13)23-26)19(28)16(12-27)15-3-1-2-4-17(15)21/h1-4,7,9-10,16,27H,5-6,8,11-12H2/t16-/m1/s1. The van der Waals surface area contributed by atoms with Gasteiger partial charge in [-0.25, -0.2) is 8.78 Å². The summed E-state index contributed by atoms with van der Waals surface area (Å²) in [5.74, 6) is -2.13. The van der Waals surface area contributed by atoms with E-state index in [0.29, 0.717) is 11.3 Å². The lowest BCUT2D eigenvalue weighted by Crippen LogP contribution is -2.33. The molecule has 0 aliphatic carbocycles. The Labute approximate surface area is 176 Å². The summed E-state index contributed by atoms with van der Waals surface area (Å²) in [6.45, 7) is -1.19. The lowest BCUT2D eigenvalue weighted by Gasteiger charge is -2.22. The van der Waals surface area contributed by atoms with Gasteiger partial charge in [0.05, 0.1) is 37.5 Å². The zero-order chi connectivity index (χ0) is 22.2. The van der Waals surface area contributed by atoms with E-state index in [9.17, 15) is 27.1 Å². The number of aliphatic hydroxyl groups is 1. The number of aromatic nitrogens is 4. The molecule has 164 valence electrons. The molecule has 1 aliphatic heterocycles. The maximum atomic E-state index is 14.1.